The van der Waals surface area contributed by atoms with Crippen LogP contribution in [0.25, 0.3) is 0 Å². The molecule has 0 saturated heterocycles. The molecule has 1 aliphatic rings. The van der Waals surface area contributed by atoms with Gasteiger partial charge in [0, 0.05) is 13.1 Å². The van der Waals surface area contributed by atoms with Gasteiger partial charge in [0.2, 0.25) is 0 Å². The van der Waals surface area contributed by atoms with E-state index in [-0.39, 0.29) is 0 Å². The standard InChI is InChI=1S/C15H22BrNO2S/c1-11-3-5-15(6-4-11,14(18)19)10-17(2)8-12-7-13(16)20-9-12/h7,9,11H,3-6,8,10H2,1-2H3,(H,18,19). The summed E-state index contributed by atoms with van der Waals surface area (Å²) in [6.07, 6.45) is 3.68. The third-order valence-corrected chi connectivity index (χ3v) is 5.89. The Labute approximate surface area is 133 Å². The van der Waals surface area contributed by atoms with Gasteiger partial charge in [0.15, 0.2) is 0 Å². The number of carbonyl (C=O) groups is 1. The highest BCUT2D eigenvalue weighted by Crippen LogP contribution is 2.40. The molecule has 1 N–H and O–H groups in total. The molecule has 112 valence electrons. The van der Waals surface area contributed by atoms with Crippen LogP contribution < -0.4 is 0 Å². The third-order valence-electron chi connectivity index (χ3n) is 4.33. The van der Waals surface area contributed by atoms with E-state index < -0.39 is 11.4 Å². The molecule has 0 bridgehead atoms. The van der Waals surface area contributed by atoms with Gasteiger partial charge in [0.05, 0.1) is 9.20 Å². The van der Waals surface area contributed by atoms with Gasteiger partial charge in [0.1, 0.15) is 0 Å². The van der Waals surface area contributed by atoms with E-state index in [0.29, 0.717) is 12.5 Å². The first-order valence-corrected chi connectivity index (χ1v) is 8.73. The van der Waals surface area contributed by atoms with Crippen molar-refractivity contribution in [2.75, 3.05) is 13.6 Å². The largest absolute Gasteiger partial charge is 0.481 e. The van der Waals surface area contributed by atoms with Crippen LogP contribution in [0.4, 0.5) is 0 Å². The van der Waals surface area contributed by atoms with E-state index >= 15 is 0 Å². The fourth-order valence-electron chi connectivity index (χ4n) is 3.07. The van der Waals surface area contributed by atoms with Gasteiger partial charge in [-0.05, 0) is 71.6 Å². The summed E-state index contributed by atoms with van der Waals surface area (Å²) in [6.45, 7) is 3.67. The van der Waals surface area contributed by atoms with Crippen molar-refractivity contribution in [3.63, 3.8) is 0 Å². The molecule has 0 amide bonds. The summed E-state index contributed by atoms with van der Waals surface area (Å²) in [5.74, 6) is 0.0448. The molecular weight excluding hydrogens is 338 g/mol. The van der Waals surface area contributed by atoms with Crippen molar-refractivity contribution >= 4 is 33.2 Å². The van der Waals surface area contributed by atoms with Crippen LogP contribution in [0.15, 0.2) is 15.2 Å². The second-order valence-electron chi connectivity index (χ2n) is 6.20. The minimum Gasteiger partial charge on any atom is -0.481 e. The normalized spacial score (nSPS) is 26.9. The molecule has 1 saturated carbocycles. The van der Waals surface area contributed by atoms with E-state index in [1.165, 1.54) is 5.56 Å². The van der Waals surface area contributed by atoms with E-state index in [1.54, 1.807) is 11.3 Å². The summed E-state index contributed by atoms with van der Waals surface area (Å²) >= 11 is 5.14. The molecular formula is C15H22BrNO2S. The molecule has 1 aliphatic carbocycles. The second kappa shape index (κ2) is 6.58. The zero-order valence-corrected chi connectivity index (χ0v) is 14.5. The highest BCUT2D eigenvalue weighted by atomic mass is 79.9. The van der Waals surface area contributed by atoms with Crippen molar-refractivity contribution in [2.45, 2.75) is 39.2 Å². The van der Waals surface area contributed by atoms with E-state index in [2.05, 4.69) is 39.2 Å². The predicted octanol–water partition coefficient (Wildman–Crippen LogP) is 4.22. The maximum absolute atomic E-state index is 11.7. The molecule has 1 fully saturated rings. The number of hydrogen-bond acceptors (Lipinski definition) is 3. The first-order valence-electron chi connectivity index (χ1n) is 7.06. The lowest BCUT2D eigenvalue weighted by Gasteiger charge is -2.38. The molecule has 5 heteroatoms. The third kappa shape index (κ3) is 3.83. The molecule has 0 aromatic carbocycles. The van der Waals surface area contributed by atoms with Gasteiger partial charge in [-0.1, -0.05) is 6.92 Å². The van der Waals surface area contributed by atoms with Crippen LogP contribution in [0.5, 0.6) is 0 Å². The van der Waals surface area contributed by atoms with Crippen LogP contribution in [0.2, 0.25) is 0 Å². The van der Waals surface area contributed by atoms with Crippen molar-refractivity contribution in [3.05, 3.63) is 20.8 Å². The van der Waals surface area contributed by atoms with E-state index in [9.17, 15) is 9.90 Å². The number of rotatable bonds is 5. The number of halogens is 1. The fourth-order valence-corrected chi connectivity index (χ4v) is 4.27. The molecule has 1 heterocycles. The molecule has 0 spiro atoms. The SMILES string of the molecule is CC1CCC(CN(C)Cc2csc(Br)c2)(C(=O)O)CC1. The van der Waals surface area contributed by atoms with Crippen LogP contribution in [-0.2, 0) is 11.3 Å². The molecule has 1 aromatic heterocycles. The van der Waals surface area contributed by atoms with Crippen LogP contribution in [0.1, 0.15) is 38.2 Å². The number of aliphatic carboxylic acids is 1. The van der Waals surface area contributed by atoms with Gasteiger partial charge in [-0.2, -0.15) is 0 Å². The lowest BCUT2D eigenvalue weighted by Crippen LogP contribution is -2.44. The molecule has 3 nitrogen and oxygen atoms in total. The Morgan fingerprint density at radius 1 is 1.55 bits per heavy atom. The topological polar surface area (TPSA) is 40.5 Å². The lowest BCUT2D eigenvalue weighted by atomic mass is 9.70. The minimum absolute atomic E-state index is 0.547. The van der Waals surface area contributed by atoms with Gasteiger partial charge >= 0.3 is 5.97 Å². The molecule has 0 atom stereocenters. The van der Waals surface area contributed by atoms with Gasteiger partial charge in [-0.3, -0.25) is 4.79 Å². The Balaban J connectivity index is 1.99. The Morgan fingerprint density at radius 3 is 2.70 bits per heavy atom. The number of hydrogen-bond donors (Lipinski definition) is 1. The highest BCUT2D eigenvalue weighted by Gasteiger charge is 2.41. The monoisotopic (exact) mass is 359 g/mol. The number of nitrogens with zero attached hydrogens (tertiary/aromatic N) is 1. The zero-order chi connectivity index (χ0) is 14.8. The first kappa shape index (κ1) is 16.0. The van der Waals surface area contributed by atoms with E-state index in [1.807, 2.05) is 7.05 Å². The second-order valence-corrected chi connectivity index (χ2v) is 8.49. The fraction of sp³-hybridized carbons (Fsp3) is 0.667. The van der Waals surface area contributed by atoms with Crippen molar-refractivity contribution in [1.29, 1.82) is 0 Å². The Hall–Kier alpha value is -0.390. The van der Waals surface area contributed by atoms with Crippen molar-refractivity contribution < 1.29 is 9.90 Å². The number of thiophene rings is 1. The summed E-state index contributed by atoms with van der Waals surface area (Å²) in [5, 5.41) is 11.8. The van der Waals surface area contributed by atoms with Crippen LogP contribution in [-0.4, -0.2) is 29.6 Å². The molecule has 0 aliphatic heterocycles. The van der Waals surface area contributed by atoms with E-state index in [0.717, 1.165) is 36.0 Å². The summed E-state index contributed by atoms with van der Waals surface area (Å²) < 4.78 is 1.13. The summed E-state index contributed by atoms with van der Waals surface area (Å²) in [4.78, 5) is 13.9. The first-order chi connectivity index (χ1) is 9.41. The average Bonchev–Trinajstić information content (AvgIpc) is 2.77. The van der Waals surface area contributed by atoms with Gasteiger partial charge in [-0.25, -0.2) is 0 Å². The lowest BCUT2D eigenvalue weighted by molar-refractivity contribution is -0.153. The molecule has 0 unspecified atom stereocenters. The number of carboxylic acids is 1. The van der Waals surface area contributed by atoms with Crippen LogP contribution >= 0.6 is 27.3 Å². The molecule has 2 rings (SSSR count). The Bertz CT molecular complexity index is 466. The molecule has 0 radical (unpaired) electrons. The predicted molar refractivity (Wildman–Crippen MR) is 86.1 cm³/mol. The van der Waals surface area contributed by atoms with Gasteiger partial charge in [0.25, 0.3) is 0 Å². The van der Waals surface area contributed by atoms with E-state index in [4.69, 9.17) is 0 Å². The van der Waals surface area contributed by atoms with Gasteiger partial charge in [-0.15, -0.1) is 11.3 Å². The smallest absolute Gasteiger partial charge is 0.310 e. The Morgan fingerprint density at radius 2 is 2.20 bits per heavy atom. The maximum atomic E-state index is 11.7. The van der Waals surface area contributed by atoms with Gasteiger partial charge < -0.3 is 10.0 Å². The summed E-state index contributed by atoms with van der Waals surface area (Å²) in [5.41, 5.74) is 0.697. The number of carboxylic acid groups (broad SMARTS) is 1. The maximum Gasteiger partial charge on any atom is 0.310 e. The van der Waals surface area contributed by atoms with Crippen molar-refractivity contribution in [2.24, 2.45) is 11.3 Å². The quantitative estimate of drug-likeness (QED) is 0.855. The van der Waals surface area contributed by atoms with Crippen molar-refractivity contribution in [3.8, 4) is 0 Å². The average molecular weight is 360 g/mol. The zero-order valence-electron chi connectivity index (χ0n) is 12.1. The van der Waals surface area contributed by atoms with Crippen LogP contribution in [0.3, 0.4) is 0 Å². The Kier molecular flexibility index (Phi) is 5.26. The molecule has 20 heavy (non-hydrogen) atoms. The summed E-state index contributed by atoms with van der Waals surface area (Å²) in [6, 6.07) is 2.11. The summed E-state index contributed by atoms with van der Waals surface area (Å²) in [7, 11) is 2.02. The van der Waals surface area contributed by atoms with Crippen molar-refractivity contribution in [1.82, 2.24) is 4.90 Å². The minimum atomic E-state index is -0.622. The molecule has 1 aromatic rings. The van der Waals surface area contributed by atoms with Crippen LogP contribution in [0, 0.1) is 11.3 Å². The highest BCUT2D eigenvalue weighted by molar-refractivity contribution is 9.11.